The van der Waals surface area contributed by atoms with E-state index in [9.17, 15) is 0 Å². The molecule has 0 amide bonds. The fourth-order valence-corrected chi connectivity index (χ4v) is 0.880. The second kappa shape index (κ2) is 3.01. The van der Waals surface area contributed by atoms with Gasteiger partial charge >= 0.3 is 0 Å². The van der Waals surface area contributed by atoms with Crippen LogP contribution < -0.4 is 0 Å². The Morgan fingerprint density at radius 1 is 1.20 bits per heavy atom. The van der Waals surface area contributed by atoms with Crippen LogP contribution in [-0.4, -0.2) is 9.97 Å². The zero-order valence-corrected chi connectivity index (χ0v) is 6.62. The van der Waals surface area contributed by atoms with Gasteiger partial charge in [-0.25, -0.2) is 4.98 Å². The molecule has 1 heterocycles. The number of nitrogens with one attached hydrogen (secondary N) is 1. The van der Waals surface area contributed by atoms with Crippen LogP contribution in [0.3, 0.4) is 0 Å². The van der Waals surface area contributed by atoms with Gasteiger partial charge in [-0.3, -0.25) is 0 Å². The normalized spacial score (nSPS) is 9.20. The zero-order chi connectivity index (χ0) is 6.10. The Labute approximate surface area is 74.2 Å². The first-order valence-electron chi connectivity index (χ1n) is 2.85. The van der Waals surface area contributed by atoms with Crippen LogP contribution in [0.1, 0.15) is 0 Å². The molecule has 0 aliphatic rings. The number of rotatable bonds is 0. The van der Waals surface area contributed by atoms with Gasteiger partial charge in [-0.2, -0.15) is 0 Å². The molecule has 0 aliphatic heterocycles. The van der Waals surface area contributed by atoms with E-state index in [0.29, 0.717) is 0 Å². The molecule has 2 nitrogen and oxygen atoms in total. The largest absolute Gasteiger partial charge is 0.345 e. The molecule has 1 aromatic carbocycles. The molecule has 1 aromatic heterocycles. The number of hydrogen-bond acceptors (Lipinski definition) is 1. The molecule has 0 aliphatic carbocycles. The second-order valence-corrected chi connectivity index (χ2v) is 1.92. The molecule has 0 bridgehead atoms. The van der Waals surface area contributed by atoms with Gasteiger partial charge in [0, 0.05) is 22.4 Å². The maximum Gasteiger partial charge on any atom is 0.0931 e. The van der Waals surface area contributed by atoms with E-state index in [4.69, 9.17) is 0 Å². The van der Waals surface area contributed by atoms with Crippen LogP contribution in [0, 0.1) is 0 Å². The number of nitrogens with zero attached hydrogens (tertiary/aromatic N) is 1. The van der Waals surface area contributed by atoms with Crippen LogP contribution in [0.2, 0.25) is 0 Å². The third kappa shape index (κ3) is 1.14. The molecule has 2 rings (SSSR count). The fraction of sp³-hybridized carbons (Fsp3) is 0. The molecule has 3 heteroatoms. The van der Waals surface area contributed by atoms with Gasteiger partial charge in [0.25, 0.3) is 0 Å². The Hall–Kier alpha value is -0.570. The topological polar surface area (TPSA) is 28.7 Å². The van der Waals surface area contributed by atoms with Crippen LogP contribution in [-0.2, 0) is 22.4 Å². The zero-order valence-electron chi connectivity index (χ0n) is 5.14. The number of H-pyrrole nitrogens is 1. The van der Waals surface area contributed by atoms with Crippen molar-refractivity contribution in [2.75, 3.05) is 0 Å². The van der Waals surface area contributed by atoms with E-state index < -0.39 is 0 Å². The fourth-order valence-electron chi connectivity index (χ4n) is 0.880. The SMILES string of the molecule is [Ag].c1ccc2[nH]cnc2c1. The predicted octanol–water partition coefficient (Wildman–Crippen LogP) is 1.56. The summed E-state index contributed by atoms with van der Waals surface area (Å²) in [6, 6.07) is 7.94. The van der Waals surface area contributed by atoms with Crippen molar-refractivity contribution in [3.8, 4) is 0 Å². The van der Waals surface area contributed by atoms with Crippen molar-refractivity contribution >= 4 is 11.0 Å². The Morgan fingerprint density at radius 3 is 2.80 bits per heavy atom. The maximum absolute atomic E-state index is 4.06. The van der Waals surface area contributed by atoms with E-state index in [0.717, 1.165) is 11.0 Å². The van der Waals surface area contributed by atoms with E-state index in [-0.39, 0.29) is 22.4 Å². The summed E-state index contributed by atoms with van der Waals surface area (Å²) in [6.45, 7) is 0. The smallest absolute Gasteiger partial charge is 0.0931 e. The first-order chi connectivity index (χ1) is 4.47. The Morgan fingerprint density at radius 2 is 2.00 bits per heavy atom. The van der Waals surface area contributed by atoms with Gasteiger partial charge in [0.2, 0.25) is 0 Å². The van der Waals surface area contributed by atoms with Crippen LogP contribution >= 0.6 is 0 Å². The van der Waals surface area contributed by atoms with Crippen molar-refractivity contribution in [3.05, 3.63) is 30.6 Å². The summed E-state index contributed by atoms with van der Waals surface area (Å²) in [7, 11) is 0. The van der Waals surface area contributed by atoms with E-state index in [1.807, 2.05) is 24.3 Å². The average Bonchev–Trinajstić information content (AvgIpc) is 2.33. The summed E-state index contributed by atoms with van der Waals surface area (Å²) in [5, 5.41) is 0. The third-order valence-electron chi connectivity index (χ3n) is 1.33. The predicted molar refractivity (Wildman–Crippen MR) is 36.1 cm³/mol. The van der Waals surface area contributed by atoms with Crippen molar-refractivity contribution in [3.63, 3.8) is 0 Å². The number of benzene rings is 1. The van der Waals surface area contributed by atoms with Gasteiger partial charge < -0.3 is 4.98 Å². The minimum absolute atomic E-state index is 0. The van der Waals surface area contributed by atoms with Gasteiger partial charge in [0.1, 0.15) is 0 Å². The van der Waals surface area contributed by atoms with Gasteiger partial charge in [-0.1, -0.05) is 12.1 Å². The number of aromatic nitrogens is 2. The molecule has 10 heavy (non-hydrogen) atoms. The molecule has 0 unspecified atom stereocenters. The summed E-state index contributed by atoms with van der Waals surface area (Å²) in [6.07, 6.45) is 1.70. The molecule has 1 N–H and O–H groups in total. The van der Waals surface area contributed by atoms with Crippen LogP contribution in [0.15, 0.2) is 30.6 Å². The standard InChI is InChI=1S/C7H6N2.Ag/c1-2-4-7-6(3-1)8-5-9-7;/h1-5H,(H,8,9);. The number of aromatic amines is 1. The van der Waals surface area contributed by atoms with Crippen molar-refractivity contribution in [2.24, 2.45) is 0 Å². The quantitative estimate of drug-likeness (QED) is 0.678. The second-order valence-electron chi connectivity index (χ2n) is 1.92. The maximum atomic E-state index is 4.06. The van der Waals surface area contributed by atoms with Gasteiger partial charge in [-0.05, 0) is 12.1 Å². The third-order valence-corrected chi connectivity index (χ3v) is 1.33. The van der Waals surface area contributed by atoms with Gasteiger partial charge in [-0.15, -0.1) is 0 Å². The van der Waals surface area contributed by atoms with Gasteiger partial charge in [0.05, 0.1) is 17.4 Å². The van der Waals surface area contributed by atoms with Crippen LogP contribution in [0.5, 0.6) is 0 Å². The molecule has 0 saturated carbocycles. The first kappa shape index (κ1) is 7.54. The van der Waals surface area contributed by atoms with Crippen LogP contribution in [0.4, 0.5) is 0 Å². The van der Waals surface area contributed by atoms with E-state index in [2.05, 4.69) is 9.97 Å². The molecular weight excluding hydrogens is 220 g/mol. The summed E-state index contributed by atoms with van der Waals surface area (Å²) >= 11 is 0. The molecule has 2 aromatic rings. The molecule has 0 spiro atoms. The van der Waals surface area contributed by atoms with Crippen molar-refractivity contribution in [1.29, 1.82) is 0 Å². The van der Waals surface area contributed by atoms with E-state index in [1.54, 1.807) is 6.33 Å². The van der Waals surface area contributed by atoms with Crippen molar-refractivity contribution < 1.29 is 22.4 Å². The Kier molecular flexibility index (Phi) is 2.27. The molecule has 0 atom stereocenters. The van der Waals surface area contributed by atoms with E-state index in [1.165, 1.54) is 0 Å². The van der Waals surface area contributed by atoms with Crippen LogP contribution in [0.25, 0.3) is 11.0 Å². The molecule has 1 radical (unpaired) electrons. The number of imidazole rings is 1. The summed E-state index contributed by atoms with van der Waals surface area (Å²) < 4.78 is 0. The molecule has 0 saturated heterocycles. The van der Waals surface area contributed by atoms with Crippen molar-refractivity contribution in [1.82, 2.24) is 9.97 Å². The molecular formula is C7H6AgN2. The minimum atomic E-state index is 0. The van der Waals surface area contributed by atoms with E-state index >= 15 is 0 Å². The number of hydrogen-bond donors (Lipinski definition) is 1. The summed E-state index contributed by atoms with van der Waals surface area (Å²) in [5.74, 6) is 0. The summed E-state index contributed by atoms with van der Waals surface area (Å²) in [5.41, 5.74) is 2.12. The monoisotopic (exact) mass is 225 g/mol. The molecule has 0 fully saturated rings. The van der Waals surface area contributed by atoms with Gasteiger partial charge in [0.15, 0.2) is 0 Å². The Bertz CT molecular complexity index is 286. The average molecular weight is 226 g/mol. The summed E-state index contributed by atoms with van der Waals surface area (Å²) in [4.78, 5) is 7.07. The number of fused-ring (bicyclic) bond motifs is 1. The minimum Gasteiger partial charge on any atom is -0.345 e. The Balaban J connectivity index is 0.000000500. The number of para-hydroxylation sites is 2. The van der Waals surface area contributed by atoms with Crippen molar-refractivity contribution in [2.45, 2.75) is 0 Å². The molecule has 55 valence electrons. The first-order valence-corrected chi connectivity index (χ1v) is 2.85.